The molecule has 0 bridgehead atoms. The molecule has 100 valence electrons. The molecule has 1 aromatic carbocycles. The molecule has 4 nitrogen and oxygen atoms in total. The molecular weight excluding hydrogens is 320 g/mol. The topological polar surface area (TPSA) is 54.6 Å². The number of halogens is 1. The van der Waals surface area contributed by atoms with Crippen molar-refractivity contribution < 1.29 is 9.90 Å². The maximum Gasteiger partial charge on any atom is 0.335 e. The summed E-state index contributed by atoms with van der Waals surface area (Å²) in [6.07, 6.45) is 1.73. The lowest BCUT2D eigenvalue weighted by atomic mass is 10.1. The number of aromatic nitrogens is 2. The predicted molar refractivity (Wildman–Crippen MR) is 80.0 cm³/mol. The molecule has 3 aromatic rings. The molecule has 0 atom stereocenters. The van der Waals surface area contributed by atoms with Gasteiger partial charge in [0.15, 0.2) is 0 Å². The Balaban J connectivity index is 2.22. The fraction of sp³-hybridized carbons (Fsp3) is 0.0667. The van der Waals surface area contributed by atoms with Gasteiger partial charge in [-0.2, -0.15) is 0 Å². The monoisotopic (exact) mass is 330 g/mol. The van der Waals surface area contributed by atoms with Gasteiger partial charge in [0.25, 0.3) is 0 Å². The van der Waals surface area contributed by atoms with Crippen molar-refractivity contribution in [3.63, 3.8) is 0 Å². The van der Waals surface area contributed by atoms with E-state index in [1.54, 1.807) is 18.3 Å². The second-order valence-corrected chi connectivity index (χ2v) is 5.32. The number of hydrogen-bond acceptors (Lipinski definition) is 2. The number of imidazole rings is 1. The van der Waals surface area contributed by atoms with Crippen molar-refractivity contribution in [1.82, 2.24) is 9.38 Å². The second kappa shape index (κ2) is 4.76. The Kier molecular flexibility index (Phi) is 3.06. The quantitative estimate of drug-likeness (QED) is 0.778. The van der Waals surface area contributed by atoms with Crippen molar-refractivity contribution in [2.45, 2.75) is 6.92 Å². The van der Waals surface area contributed by atoms with E-state index in [9.17, 15) is 4.79 Å². The summed E-state index contributed by atoms with van der Waals surface area (Å²) in [6, 6.07) is 11.2. The molecule has 0 aliphatic carbocycles. The minimum Gasteiger partial charge on any atom is -0.478 e. The van der Waals surface area contributed by atoms with E-state index in [0.29, 0.717) is 4.60 Å². The van der Waals surface area contributed by atoms with Crippen molar-refractivity contribution >= 4 is 27.4 Å². The number of aromatic carboxylic acids is 1. The molecule has 0 saturated heterocycles. The molecule has 0 saturated carbocycles. The van der Waals surface area contributed by atoms with Crippen LogP contribution in [0.1, 0.15) is 15.9 Å². The molecule has 0 unspecified atom stereocenters. The maximum absolute atomic E-state index is 11.0. The molecule has 3 rings (SSSR count). The largest absolute Gasteiger partial charge is 0.478 e. The number of carboxylic acid groups (broad SMARTS) is 1. The number of aryl methyl sites for hydroxylation is 1. The number of pyridine rings is 1. The fourth-order valence-electron chi connectivity index (χ4n) is 2.09. The van der Waals surface area contributed by atoms with Crippen LogP contribution >= 0.6 is 15.9 Å². The van der Waals surface area contributed by atoms with Crippen LogP contribution in [0, 0.1) is 6.92 Å². The third-order valence-corrected chi connectivity index (χ3v) is 3.74. The van der Waals surface area contributed by atoms with Crippen molar-refractivity contribution in [1.29, 1.82) is 0 Å². The van der Waals surface area contributed by atoms with Gasteiger partial charge in [0.05, 0.1) is 11.1 Å². The third kappa shape index (κ3) is 2.10. The SMILES string of the molecule is Cc1ccc(-c2nc(Br)c3cc(C(=O)O)ccn23)cc1. The lowest BCUT2D eigenvalue weighted by Crippen LogP contribution is -1.98. The molecule has 0 radical (unpaired) electrons. The number of carbonyl (C=O) groups is 1. The van der Waals surface area contributed by atoms with Crippen LogP contribution in [0.25, 0.3) is 16.9 Å². The fourth-order valence-corrected chi connectivity index (χ4v) is 2.56. The highest BCUT2D eigenvalue weighted by molar-refractivity contribution is 9.10. The van der Waals surface area contributed by atoms with Crippen LogP contribution in [0.4, 0.5) is 0 Å². The van der Waals surface area contributed by atoms with Gasteiger partial charge in [0, 0.05) is 11.8 Å². The lowest BCUT2D eigenvalue weighted by Gasteiger charge is -2.02. The van der Waals surface area contributed by atoms with Gasteiger partial charge in [0.1, 0.15) is 10.4 Å². The zero-order valence-electron chi connectivity index (χ0n) is 10.7. The van der Waals surface area contributed by atoms with Crippen LogP contribution in [0.15, 0.2) is 47.2 Å². The molecule has 5 heteroatoms. The molecule has 0 aliphatic rings. The number of rotatable bonds is 2. The zero-order valence-corrected chi connectivity index (χ0v) is 12.3. The van der Waals surface area contributed by atoms with E-state index in [1.165, 1.54) is 5.56 Å². The van der Waals surface area contributed by atoms with E-state index in [1.807, 2.05) is 35.6 Å². The maximum atomic E-state index is 11.0. The first-order chi connectivity index (χ1) is 9.56. The molecule has 0 aliphatic heterocycles. The molecule has 0 spiro atoms. The number of fused-ring (bicyclic) bond motifs is 1. The second-order valence-electron chi connectivity index (χ2n) is 4.57. The summed E-state index contributed by atoms with van der Waals surface area (Å²) >= 11 is 3.39. The summed E-state index contributed by atoms with van der Waals surface area (Å²) in [7, 11) is 0. The van der Waals surface area contributed by atoms with E-state index in [-0.39, 0.29) is 5.56 Å². The Hall–Kier alpha value is -2.14. The van der Waals surface area contributed by atoms with E-state index in [0.717, 1.165) is 16.9 Å². The van der Waals surface area contributed by atoms with Crippen LogP contribution < -0.4 is 0 Å². The minimum absolute atomic E-state index is 0.244. The highest BCUT2D eigenvalue weighted by Crippen LogP contribution is 2.27. The standard InChI is InChI=1S/C15H11BrN2O2/c1-9-2-4-10(5-3-9)14-17-13(16)12-8-11(15(19)20)6-7-18(12)14/h2-8H,1H3,(H,19,20). The first-order valence-corrected chi connectivity index (χ1v) is 6.83. The van der Waals surface area contributed by atoms with Gasteiger partial charge in [-0.3, -0.25) is 4.40 Å². The third-order valence-electron chi connectivity index (χ3n) is 3.16. The highest BCUT2D eigenvalue weighted by Gasteiger charge is 2.13. The van der Waals surface area contributed by atoms with Crippen molar-refractivity contribution in [2.24, 2.45) is 0 Å². The van der Waals surface area contributed by atoms with Crippen LogP contribution in [0.2, 0.25) is 0 Å². The first kappa shape index (κ1) is 12.9. The number of hydrogen-bond donors (Lipinski definition) is 1. The molecule has 20 heavy (non-hydrogen) atoms. The van der Waals surface area contributed by atoms with Gasteiger partial charge in [-0.05, 0) is 35.0 Å². The average molecular weight is 331 g/mol. The van der Waals surface area contributed by atoms with Gasteiger partial charge < -0.3 is 5.11 Å². The Morgan fingerprint density at radius 2 is 1.95 bits per heavy atom. The van der Waals surface area contributed by atoms with Crippen molar-refractivity contribution in [2.75, 3.05) is 0 Å². The highest BCUT2D eigenvalue weighted by atomic mass is 79.9. The van der Waals surface area contributed by atoms with Gasteiger partial charge in [0.2, 0.25) is 0 Å². The van der Waals surface area contributed by atoms with Crippen LogP contribution in [-0.2, 0) is 0 Å². The van der Waals surface area contributed by atoms with Gasteiger partial charge >= 0.3 is 5.97 Å². The summed E-state index contributed by atoms with van der Waals surface area (Å²) in [6.45, 7) is 2.03. The van der Waals surface area contributed by atoms with Gasteiger partial charge in [-0.1, -0.05) is 29.8 Å². The Morgan fingerprint density at radius 1 is 1.25 bits per heavy atom. The molecule has 1 N–H and O–H groups in total. The molecule has 2 aromatic heterocycles. The molecule has 0 amide bonds. The lowest BCUT2D eigenvalue weighted by molar-refractivity contribution is 0.0697. The van der Waals surface area contributed by atoms with Gasteiger partial charge in [-0.15, -0.1) is 0 Å². The van der Waals surface area contributed by atoms with E-state index in [2.05, 4.69) is 20.9 Å². The smallest absolute Gasteiger partial charge is 0.335 e. The average Bonchev–Trinajstić information content (AvgIpc) is 2.76. The summed E-state index contributed by atoms with van der Waals surface area (Å²) in [5, 5.41) is 9.04. The Labute approximate surface area is 123 Å². The minimum atomic E-state index is -0.947. The number of benzene rings is 1. The van der Waals surface area contributed by atoms with Crippen LogP contribution in [0.3, 0.4) is 0 Å². The van der Waals surface area contributed by atoms with E-state index >= 15 is 0 Å². The van der Waals surface area contributed by atoms with E-state index < -0.39 is 5.97 Å². The van der Waals surface area contributed by atoms with Crippen LogP contribution in [0.5, 0.6) is 0 Å². The summed E-state index contributed by atoms with van der Waals surface area (Å²) in [5.41, 5.74) is 3.15. The Morgan fingerprint density at radius 3 is 2.60 bits per heavy atom. The molecule has 2 heterocycles. The summed E-state index contributed by atoms with van der Waals surface area (Å²) < 4.78 is 2.51. The predicted octanol–water partition coefficient (Wildman–Crippen LogP) is 3.77. The van der Waals surface area contributed by atoms with Gasteiger partial charge in [-0.25, -0.2) is 9.78 Å². The number of carboxylic acids is 1. The van der Waals surface area contributed by atoms with Crippen LogP contribution in [-0.4, -0.2) is 20.5 Å². The van der Waals surface area contributed by atoms with Crippen molar-refractivity contribution in [3.05, 3.63) is 58.3 Å². The number of nitrogens with zero attached hydrogens (tertiary/aromatic N) is 2. The summed E-state index contributed by atoms with van der Waals surface area (Å²) in [5.74, 6) is -0.165. The van der Waals surface area contributed by atoms with Crippen molar-refractivity contribution in [3.8, 4) is 11.4 Å². The zero-order chi connectivity index (χ0) is 14.3. The Bertz CT molecular complexity index is 807. The first-order valence-electron chi connectivity index (χ1n) is 6.04. The molecular formula is C15H11BrN2O2. The summed E-state index contributed by atoms with van der Waals surface area (Å²) in [4.78, 5) is 15.5. The normalized spacial score (nSPS) is 10.9. The molecule has 0 fully saturated rings. The van der Waals surface area contributed by atoms with E-state index in [4.69, 9.17) is 5.11 Å².